The summed E-state index contributed by atoms with van der Waals surface area (Å²) >= 11 is 0. The fourth-order valence-electron chi connectivity index (χ4n) is 3.13. The van der Waals surface area contributed by atoms with E-state index in [1.165, 1.54) is 5.56 Å². The second kappa shape index (κ2) is 5.73. The van der Waals surface area contributed by atoms with Crippen LogP contribution in [0, 0.1) is 0 Å². The minimum Gasteiger partial charge on any atom is -0.289 e. The summed E-state index contributed by atoms with van der Waals surface area (Å²) in [6.45, 7) is 0. The van der Waals surface area contributed by atoms with E-state index in [1.807, 2.05) is 42.2 Å². The molecule has 4 heterocycles. The van der Waals surface area contributed by atoms with Crippen molar-refractivity contribution < 1.29 is 0 Å². The molecule has 0 fully saturated rings. The van der Waals surface area contributed by atoms with Crippen molar-refractivity contribution in [3.05, 3.63) is 66.0 Å². The van der Waals surface area contributed by atoms with Gasteiger partial charge in [0.2, 0.25) is 0 Å². The van der Waals surface area contributed by atoms with Gasteiger partial charge in [-0.1, -0.05) is 12.1 Å². The molecule has 0 saturated heterocycles. The Morgan fingerprint density at radius 3 is 2.92 bits per heavy atom. The molecule has 4 aromatic heterocycles. The van der Waals surface area contributed by atoms with Crippen molar-refractivity contribution in [2.45, 2.75) is 6.42 Å². The van der Waals surface area contributed by atoms with E-state index in [1.54, 1.807) is 23.4 Å². The van der Waals surface area contributed by atoms with E-state index in [0.717, 1.165) is 34.7 Å². The molecule has 0 spiro atoms. The first kappa shape index (κ1) is 14.7. The molecule has 0 bridgehead atoms. The second-order valence-corrected chi connectivity index (χ2v) is 6.16. The Morgan fingerprint density at radius 1 is 1.08 bits per heavy atom. The SMILES string of the molecule is Cn1nccc1-c1cnc2ncn(C=C3C=Cc4ncccc4C3)c2n1. The molecule has 0 N–H and O–H groups in total. The Hall–Kier alpha value is -3.61. The van der Waals surface area contributed by atoms with Crippen LogP contribution in [0.5, 0.6) is 0 Å². The summed E-state index contributed by atoms with van der Waals surface area (Å²) in [7, 11) is 1.89. The molecule has 4 aromatic rings. The van der Waals surface area contributed by atoms with Crippen LogP contribution in [0.1, 0.15) is 11.3 Å². The molecule has 0 unspecified atom stereocenters. The fraction of sp³-hybridized carbons (Fsp3) is 0.105. The predicted octanol–water partition coefficient (Wildman–Crippen LogP) is 2.73. The van der Waals surface area contributed by atoms with Crippen molar-refractivity contribution in [3.8, 4) is 11.4 Å². The van der Waals surface area contributed by atoms with Gasteiger partial charge in [0.25, 0.3) is 0 Å². The molecule has 1 aliphatic rings. The van der Waals surface area contributed by atoms with Gasteiger partial charge in [-0.05, 0) is 29.3 Å². The quantitative estimate of drug-likeness (QED) is 0.560. The topological polar surface area (TPSA) is 74.3 Å². The first-order valence-corrected chi connectivity index (χ1v) is 8.28. The Kier molecular flexibility index (Phi) is 3.24. The molecule has 7 nitrogen and oxygen atoms in total. The van der Waals surface area contributed by atoms with E-state index in [2.05, 4.69) is 32.2 Å². The minimum absolute atomic E-state index is 0.620. The molecule has 0 amide bonds. The van der Waals surface area contributed by atoms with E-state index in [-0.39, 0.29) is 0 Å². The highest BCUT2D eigenvalue weighted by Gasteiger charge is 2.12. The first-order chi connectivity index (χ1) is 12.8. The third kappa shape index (κ3) is 2.41. The monoisotopic (exact) mass is 341 g/mol. The summed E-state index contributed by atoms with van der Waals surface area (Å²) in [5, 5.41) is 4.20. The molecule has 0 atom stereocenters. The molecule has 0 aromatic carbocycles. The number of pyridine rings is 1. The van der Waals surface area contributed by atoms with Crippen LogP contribution in [0.25, 0.3) is 35.0 Å². The third-order valence-electron chi connectivity index (χ3n) is 4.45. The summed E-state index contributed by atoms with van der Waals surface area (Å²) in [6, 6.07) is 5.99. The number of nitrogens with zero attached hydrogens (tertiary/aromatic N) is 7. The van der Waals surface area contributed by atoms with Crippen LogP contribution in [0.2, 0.25) is 0 Å². The Balaban J connectivity index is 1.57. The molecule has 26 heavy (non-hydrogen) atoms. The maximum atomic E-state index is 4.74. The van der Waals surface area contributed by atoms with Gasteiger partial charge in [0, 0.05) is 32.1 Å². The van der Waals surface area contributed by atoms with Gasteiger partial charge in [-0.25, -0.2) is 15.0 Å². The molecule has 7 heteroatoms. The zero-order valence-electron chi connectivity index (χ0n) is 14.1. The second-order valence-electron chi connectivity index (χ2n) is 6.16. The summed E-state index contributed by atoms with van der Waals surface area (Å²) in [5.41, 5.74) is 6.43. The van der Waals surface area contributed by atoms with Crippen molar-refractivity contribution >= 4 is 23.6 Å². The van der Waals surface area contributed by atoms with Gasteiger partial charge in [-0.15, -0.1) is 0 Å². The van der Waals surface area contributed by atoms with Crippen LogP contribution >= 0.6 is 0 Å². The van der Waals surface area contributed by atoms with Crippen LogP contribution in [0.15, 0.2) is 54.8 Å². The van der Waals surface area contributed by atoms with Gasteiger partial charge in [0.15, 0.2) is 11.3 Å². The highest BCUT2D eigenvalue weighted by atomic mass is 15.3. The van der Waals surface area contributed by atoms with Gasteiger partial charge < -0.3 is 0 Å². The summed E-state index contributed by atoms with van der Waals surface area (Å²) in [4.78, 5) is 17.9. The number of fused-ring (bicyclic) bond motifs is 2. The maximum Gasteiger partial charge on any atom is 0.197 e. The lowest BCUT2D eigenvalue weighted by atomic mass is 9.98. The van der Waals surface area contributed by atoms with Gasteiger partial charge in [-0.3, -0.25) is 14.2 Å². The van der Waals surface area contributed by atoms with Crippen LogP contribution in [0.3, 0.4) is 0 Å². The van der Waals surface area contributed by atoms with Crippen molar-refractivity contribution in [2.24, 2.45) is 7.05 Å². The van der Waals surface area contributed by atoms with Crippen LogP contribution < -0.4 is 0 Å². The summed E-state index contributed by atoms with van der Waals surface area (Å²) < 4.78 is 3.70. The normalized spacial score (nSPS) is 14.9. The molecule has 0 saturated carbocycles. The average molecular weight is 341 g/mol. The zero-order valence-corrected chi connectivity index (χ0v) is 14.1. The van der Waals surface area contributed by atoms with Gasteiger partial charge in [0.05, 0.1) is 17.6 Å². The number of hydrogen-bond acceptors (Lipinski definition) is 5. The lowest BCUT2D eigenvalue weighted by Crippen LogP contribution is -2.01. The number of aromatic nitrogens is 7. The molecular weight excluding hydrogens is 326 g/mol. The van der Waals surface area contributed by atoms with E-state index in [4.69, 9.17) is 4.98 Å². The zero-order chi connectivity index (χ0) is 17.5. The maximum absolute atomic E-state index is 4.74. The number of allylic oxidation sites excluding steroid dienone is 2. The highest BCUT2D eigenvalue weighted by molar-refractivity contribution is 5.73. The van der Waals surface area contributed by atoms with Gasteiger partial charge >= 0.3 is 0 Å². The van der Waals surface area contributed by atoms with Crippen molar-refractivity contribution in [1.29, 1.82) is 0 Å². The van der Waals surface area contributed by atoms with Crippen LogP contribution in [-0.2, 0) is 13.5 Å². The first-order valence-electron chi connectivity index (χ1n) is 8.28. The lowest BCUT2D eigenvalue weighted by Gasteiger charge is -2.11. The van der Waals surface area contributed by atoms with E-state index in [0.29, 0.717) is 5.65 Å². The number of imidazole rings is 1. The molecule has 1 aliphatic carbocycles. The molecule has 126 valence electrons. The number of hydrogen-bond donors (Lipinski definition) is 0. The average Bonchev–Trinajstić information content (AvgIpc) is 3.27. The largest absolute Gasteiger partial charge is 0.289 e. The van der Waals surface area contributed by atoms with E-state index >= 15 is 0 Å². The third-order valence-corrected chi connectivity index (χ3v) is 4.45. The minimum atomic E-state index is 0.620. The molecular formula is C19H15N7. The van der Waals surface area contributed by atoms with E-state index in [9.17, 15) is 0 Å². The van der Waals surface area contributed by atoms with Crippen molar-refractivity contribution in [1.82, 2.24) is 34.3 Å². The summed E-state index contributed by atoms with van der Waals surface area (Å²) in [6.07, 6.45) is 14.0. The highest BCUT2D eigenvalue weighted by Crippen LogP contribution is 2.22. The Bertz CT molecular complexity index is 1180. The van der Waals surface area contributed by atoms with Gasteiger partial charge in [-0.2, -0.15) is 5.10 Å². The summed E-state index contributed by atoms with van der Waals surface area (Å²) in [5.74, 6) is 0. The Labute approximate surface area is 149 Å². The molecule has 0 aliphatic heterocycles. The fourth-order valence-corrected chi connectivity index (χ4v) is 3.13. The number of rotatable bonds is 2. The number of aryl methyl sites for hydroxylation is 1. The van der Waals surface area contributed by atoms with Crippen molar-refractivity contribution in [3.63, 3.8) is 0 Å². The predicted molar refractivity (Wildman–Crippen MR) is 98.8 cm³/mol. The van der Waals surface area contributed by atoms with Crippen LogP contribution in [0.4, 0.5) is 0 Å². The van der Waals surface area contributed by atoms with Crippen LogP contribution in [-0.4, -0.2) is 34.3 Å². The Morgan fingerprint density at radius 2 is 2.04 bits per heavy atom. The van der Waals surface area contributed by atoms with Gasteiger partial charge in [0.1, 0.15) is 12.0 Å². The van der Waals surface area contributed by atoms with Crippen molar-refractivity contribution in [2.75, 3.05) is 0 Å². The molecule has 5 rings (SSSR count). The lowest BCUT2D eigenvalue weighted by molar-refractivity contribution is 0.773. The smallest absolute Gasteiger partial charge is 0.197 e. The van der Waals surface area contributed by atoms with E-state index < -0.39 is 0 Å². The molecule has 0 radical (unpaired) electrons. The standard InChI is InChI=1S/C19H15N7/c1-25-17(6-8-23-25)16-10-21-18-19(24-16)26(12-22-18)11-13-4-5-15-14(9-13)3-2-7-20-15/h2-8,10-12H,9H2,1H3.